The predicted molar refractivity (Wildman–Crippen MR) is 84.0 cm³/mol. The van der Waals surface area contributed by atoms with Gasteiger partial charge in [-0.25, -0.2) is 9.07 Å². The molecule has 1 aliphatic rings. The zero-order valence-electron chi connectivity index (χ0n) is 13.1. The number of aromatic nitrogens is 2. The number of nitrogens with zero attached hydrogens (tertiary/aromatic N) is 3. The minimum Gasteiger partial charge on any atom is -0.381 e. The van der Waals surface area contributed by atoms with E-state index in [2.05, 4.69) is 5.10 Å². The van der Waals surface area contributed by atoms with Gasteiger partial charge in [0.25, 0.3) is 5.91 Å². The van der Waals surface area contributed by atoms with E-state index in [1.165, 1.54) is 10.7 Å². The van der Waals surface area contributed by atoms with Crippen LogP contribution in [0.1, 0.15) is 23.7 Å². The lowest BCUT2D eigenvalue weighted by Gasteiger charge is -2.19. The molecule has 0 bridgehead atoms. The molecule has 1 saturated heterocycles. The van der Waals surface area contributed by atoms with Gasteiger partial charge >= 0.3 is 0 Å². The fraction of sp³-hybridized carbons (Fsp3) is 0.412. The van der Waals surface area contributed by atoms with E-state index in [-0.39, 0.29) is 11.5 Å². The first-order valence-electron chi connectivity index (χ1n) is 7.86. The maximum atomic E-state index is 14.3. The van der Waals surface area contributed by atoms with E-state index in [4.69, 9.17) is 4.74 Å². The average Bonchev–Trinajstić information content (AvgIpc) is 3.23. The molecule has 23 heavy (non-hydrogen) atoms. The highest BCUT2D eigenvalue weighted by Gasteiger charge is 2.30. The third-order valence-electron chi connectivity index (χ3n) is 4.09. The molecule has 2 heterocycles. The van der Waals surface area contributed by atoms with Crippen molar-refractivity contribution in [3.63, 3.8) is 0 Å². The maximum absolute atomic E-state index is 14.3. The molecule has 2 aromatic rings. The van der Waals surface area contributed by atoms with Crippen LogP contribution < -0.4 is 0 Å². The monoisotopic (exact) mass is 317 g/mol. The molecule has 1 aliphatic heterocycles. The number of halogens is 1. The Morgan fingerprint density at radius 2 is 2.30 bits per heavy atom. The van der Waals surface area contributed by atoms with Crippen LogP contribution in [-0.4, -0.2) is 46.9 Å². The zero-order valence-corrected chi connectivity index (χ0v) is 13.1. The van der Waals surface area contributed by atoms with Crippen molar-refractivity contribution in [2.45, 2.75) is 13.3 Å². The van der Waals surface area contributed by atoms with Crippen LogP contribution in [0.25, 0.3) is 5.69 Å². The van der Waals surface area contributed by atoms with Crippen molar-refractivity contribution >= 4 is 5.91 Å². The van der Waals surface area contributed by atoms with Gasteiger partial charge < -0.3 is 9.64 Å². The van der Waals surface area contributed by atoms with Crippen LogP contribution in [0.15, 0.2) is 36.7 Å². The van der Waals surface area contributed by atoms with E-state index in [0.29, 0.717) is 37.9 Å². The first-order chi connectivity index (χ1) is 11.2. The van der Waals surface area contributed by atoms with Gasteiger partial charge in [-0.3, -0.25) is 4.79 Å². The van der Waals surface area contributed by atoms with Crippen LogP contribution in [0.3, 0.4) is 0 Å². The summed E-state index contributed by atoms with van der Waals surface area (Å²) in [5.41, 5.74) is 0.543. The number of hydrogen-bond acceptors (Lipinski definition) is 3. The number of carbonyl (C=O) groups excluding carboxylic acids is 1. The number of rotatable bonds is 5. The van der Waals surface area contributed by atoms with Crippen molar-refractivity contribution in [1.82, 2.24) is 14.7 Å². The lowest BCUT2D eigenvalue weighted by atomic mass is 10.1. The number of benzene rings is 1. The number of hydrogen-bond donors (Lipinski definition) is 0. The highest BCUT2D eigenvalue weighted by molar-refractivity contribution is 5.98. The Morgan fingerprint density at radius 3 is 3.04 bits per heavy atom. The molecule has 122 valence electrons. The van der Waals surface area contributed by atoms with Crippen LogP contribution in [0.4, 0.5) is 4.39 Å². The van der Waals surface area contributed by atoms with Crippen molar-refractivity contribution in [1.29, 1.82) is 0 Å². The summed E-state index contributed by atoms with van der Waals surface area (Å²) in [6, 6.07) is 6.35. The zero-order chi connectivity index (χ0) is 16.2. The van der Waals surface area contributed by atoms with E-state index in [0.717, 1.165) is 6.42 Å². The Hall–Kier alpha value is -2.21. The molecule has 5 nitrogen and oxygen atoms in total. The van der Waals surface area contributed by atoms with Gasteiger partial charge in [-0.15, -0.1) is 0 Å². The molecule has 1 fully saturated rings. The van der Waals surface area contributed by atoms with Crippen molar-refractivity contribution in [2.75, 3.05) is 26.3 Å². The lowest BCUT2D eigenvalue weighted by Crippen LogP contribution is -2.31. The molecule has 1 amide bonds. The lowest BCUT2D eigenvalue weighted by molar-refractivity contribution is 0.0758. The van der Waals surface area contributed by atoms with Crippen LogP contribution in [-0.2, 0) is 4.74 Å². The molecular formula is C17H20FN3O2. The fourth-order valence-electron chi connectivity index (χ4n) is 2.92. The van der Waals surface area contributed by atoms with Crippen molar-refractivity contribution < 1.29 is 13.9 Å². The molecule has 0 unspecified atom stereocenters. The number of ether oxygens (including phenoxy) is 1. The SMILES string of the molecule is CCOC[C@@H]1CCN(C(=O)c2c(F)cccc2-n2cccn2)C1. The van der Waals surface area contributed by atoms with Gasteiger partial charge in [0.05, 0.1) is 12.3 Å². The Balaban J connectivity index is 1.83. The number of amides is 1. The minimum absolute atomic E-state index is 0.0771. The highest BCUT2D eigenvalue weighted by Crippen LogP contribution is 2.24. The number of carbonyl (C=O) groups is 1. The number of likely N-dealkylation sites (tertiary alicyclic amines) is 1. The maximum Gasteiger partial charge on any atom is 0.259 e. The van der Waals surface area contributed by atoms with Gasteiger partial charge in [0.2, 0.25) is 0 Å². The van der Waals surface area contributed by atoms with E-state index >= 15 is 0 Å². The van der Waals surface area contributed by atoms with Crippen LogP contribution in [0.5, 0.6) is 0 Å². The molecule has 1 aromatic heterocycles. The summed E-state index contributed by atoms with van der Waals surface area (Å²) in [5.74, 6) is -0.484. The summed E-state index contributed by atoms with van der Waals surface area (Å²) in [7, 11) is 0. The Kier molecular flexibility index (Phi) is 4.71. The highest BCUT2D eigenvalue weighted by atomic mass is 19.1. The normalized spacial score (nSPS) is 17.7. The standard InChI is InChI=1S/C17H20FN3O2/c1-2-23-12-13-7-10-20(11-13)17(22)16-14(18)5-3-6-15(16)21-9-4-8-19-21/h3-6,8-9,13H,2,7,10-12H2,1H3/t13-/m1/s1. The van der Waals surface area contributed by atoms with Gasteiger partial charge in [0.1, 0.15) is 11.4 Å². The summed E-state index contributed by atoms with van der Waals surface area (Å²) in [6.07, 6.45) is 4.19. The summed E-state index contributed by atoms with van der Waals surface area (Å²) >= 11 is 0. The van der Waals surface area contributed by atoms with Gasteiger partial charge in [-0.2, -0.15) is 5.10 Å². The Bertz CT molecular complexity index is 672. The first kappa shape index (κ1) is 15.7. The van der Waals surface area contributed by atoms with E-state index < -0.39 is 5.82 Å². The van der Waals surface area contributed by atoms with E-state index in [1.54, 1.807) is 35.5 Å². The topological polar surface area (TPSA) is 47.4 Å². The minimum atomic E-state index is -0.517. The van der Waals surface area contributed by atoms with Crippen LogP contribution >= 0.6 is 0 Å². The molecule has 0 N–H and O–H groups in total. The van der Waals surface area contributed by atoms with E-state index in [1.807, 2.05) is 6.92 Å². The third-order valence-corrected chi connectivity index (χ3v) is 4.09. The van der Waals surface area contributed by atoms with Crippen LogP contribution in [0, 0.1) is 11.7 Å². The largest absolute Gasteiger partial charge is 0.381 e. The molecule has 0 spiro atoms. The third kappa shape index (κ3) is 3.27. The van der Waals surface area contributed by atoms with Crippen LogP contribution in [0.2, 0.25) is 0 Å². The Labute approximate surface area is 134 Å². The average molecular weight is 317 g/mol. The van der Waals surface area contributed by atoms with Gasteiger partial charge in [-0.1, -0.05) is 6.07 Å². The van der Waals surface area contributed by atoms with Crippen molar-refractivity contribution in [3.05, 3.63) is 48.0 Å². The molecular weight excluding hydrogens is 297 g/mol. The summed E-state index contributed by atoms with van der Waals surface area (Å²) < 4.78 is 21.3. The molecule has 6 heteroatoms. The summed E-state index contributed by atoms with van der Waals surface area (Å²) in [5, 5.41) is 4.11. The van der Waals surface area contributed by atoms with Gasteiger partial charge in [-0.05, 0) is 31.5 Å². The van der Waals surface area contributed by atoms with Gasteiger partial charge in [0.15, 0.2) is 0 Å². The predicted octanol–water partition coefficient (Wildman–Crippen LogP) is 2.51. The molecule has 1 atom stereocenters. The summed E-state index contributed by atoms with van der Waals surface area (Å²) in [6.45, 7) is 4.49. The van der Waals surface area contributed by atoms with Crippen molar-refractivity contribution in [3.8, 4) is 5.69 Å². The van der Waals surface area contributed by atoms with Gasteiger partial charge in [0, 0.05) is 38.0 Å². The van der Waals surface area contributed by atoms with E-state index in [9.17, 15) is 9.18 Å². The second kappa shape index (κ2) is 6.91. The summed E-state index contributed by atoms with van der Waals surface area (Å²) in [4.78, 5) is 14.5. The first-order valence-corrected chi connectivity index (χ1v) is 7.86. The Morgan fingerprint density at radius 1 is 1.43 bits per heavy atom. The second-order valence-electron chi connectivity index (χ2n) is 5.65. The quantitative estimate of drug-likeness (QED) is 0.851. The molecule has 0 saturated carbocycles. The molecule has 1 aromatic carbocycles. The molecule has 0 radical (unpaired) electrons. The molecule has 3 rings (SSSR count). The smallest absolute Gasteiger partial charge is 0.259 e. The second-order valence-corrected chi connectivity index (χ2v) is 5.65. The fourth-order valence-corrected chi connectivity index (χ4v) is 2.92. The van der Waals surface area contributed by atoms with Crippen molar-refractivity contribution in [2.24, 2.45) is 5.92 Å². The molecule has 0 aliphatic carbocycles.